The minimum absolute atomic E-state index is 0.229. The van der Waals surface area contributed by atoms with Gasteiger partial charge in [0, 0.05) is 22.9 Å². The molecule has 10 heavy (non-hydrogen) atoms. The summed E-state index contributed by atoms with van der Waals surface area (Å²) in [7, 11) is 0. The van der Waals surface area contributed by atoms with Gasteiger partial charge in [-0.2, -0.15) is 0 Å². The molecular weight excluding hydrogens is 245 g/mol. The van der Waals surface area contributed by atoms with Crippen LogP contribution in [-0.4, -0.2) is 17.1 Å². The van der Waals surface area contributed by atoms with E-state index < -0.39 is 12.0 Å². The predicted octanol–water partition coefficient (Wildman–Crippen LogP) is 1.43. The molecule has 0 spiro atoms. The minimum atomic E-state index is -0.804. The molecule has 0 saturated carbocycles. The zero-order valence-electron chi connectivity index (χ0n) is 6.31. The van der Waals surface area contributed by atoms with Gasteiger partial charge in [-0.15, -0.1) is 0 Å². The van der Waals surface area contributed by atoms with Gasteiger partial charge in [-0.1, -0.05) is 20.8 Å². The van der Waals surface area contributed by atoms with Gasteiger partial charge < -0.3 is 5.11 Å². The Morgan fingerprint density at radius 1 is 1.60 bits per heavy atom. The zero-order chi connectivity index (χ0) is 8.36. The number of aliphatic carboxylic acids is 1. The van der Waals surface area contributed by atoms with Crippen molar-refractivity contribution in [2.24, 2.45) is 5.41 Å². The molecule has 0 aliphatic rings. The lowest BCUT2D eigenvalue weighted by atomic mass is 9.88. The van der Waals surface area contributed by atoms with Crippen molar-refractivity contribution in [1.29, 1.82) is 0 Å². The summed E-state index contributed by atoms with van der Waals surface area (Å²) in [5.41, 5.74) is -0.229. The molecule has 0 radical (unpaired) electrons. The Bertz CT molecular complexity index is 130. The Morgan fingerprint density at radius 3 is 2.00 bits per heavy atom. The average Bonchev–Trinajstić information content (AvgIpc) is 1.60. The van der Waals surface area contributed by atoms with Crippen LogP contribution in [-0.2, 0) is 4.79 Å². The average molecular weight is 257 g/mol. The predicted molar refractivity (Wildman–Crippen MR) is 48.0 cm³/mol. The Balaban J connectivity index is 4.22. The van der Waals surface area contributed by atoms with Gasteiger partial charge in [-0.25, -0.2) is 3.53 Å². The topological polar surface area (TPSA) is 49.3 Å². The first kappa shape index (κ1) is 10.2. The van der Waals surface area contributed by atoms with Gasteiger partial charge in [0.25, 0.3) is 0 Å². The van der Waals surface area contributed by atoms with Gasteiger partial charge in [-0.3, -0.25) is 4.79 Å². The van der Waals surface area contributed by atoms with E-state index in [2.05, 4.69) is 3.53 Å². The quantitative estimate of drug-likeness (QED) is 0.581. The number of carboxylic acid groups (broad SMARTS) is 1. The first-order valence-corrected chi connectivity index (χ1v) is 4.06. The molecule has 3 nitrogen and oxygen atoms in total. The molecular formula is C6H12INO2. The Morgan fingerprint density at radius 2 is 2.00 bits per heavy atom. The van der Waals surface area contributed by atoms with Crippen LogP contribution in [0.5, 0.6) is 0 Å². The minimum Gasteiger partial charge on any atom is -0.480 e. The molecule has 0 aliphatic heterocycles. The highest BCUT2D eigenvalue weighted by Gasteiger charge is 2.29. The van der Waals surface area contributed by atoms with Crippen molar-refractivity contribution in [3.63, 3.8) is 0 Å². The van der Waals surface area contributed by atoms with Crippen LogP contribution in [0.3, 0.4) is 0 Å². The summed E-state index contributed by atoms with van der Waals surface area (Å²) < 4.78 is 2.71. The third kappa shape index (κ3) is 2.83. The highest BCUT2D eigenvalue weighted by atomic mass is 127. The number of halogens is 1. The van der Waals surface area contributed by atoms with E-state index in [1.54, 1.807) is 0 Å². The summed E-state index contributed by atoms with van der Waals surface area (Å²) in [6.45, 7) is 5.66. The summed E-state index contributed by atoms with van der Waals surface area (Å²) in [5.74, 6) is -0.804. The molecule has 0 aromatic rings. The first-order valence-electron chi connectivity index (χ1n) is 2.98. The number of carbonyl (C=O) groups is 1. The molecule has 2 N–H and O–H groups in total. The van der Waals surface area contributed by atoms with E-state index in [-0.39, 0.29) is 5.41 Å². The molecule has 0 saturated heterocycles. The molecule has 0 rings (SSSR count). The first-order chi connectivity index (χ1) is 4.39. The van der Waals surface area contributed by atoms with Crippen LogP contribution in [0.25, 0.3) is 0 Å². The second kappa shape index (κ2) is 3.52. The van der Waals surface area contributed by atoms with E-state index in [9.17, 15) is 4.79 Å². The highest BCUT2D eigenvalue weighted by Crippen LogP contribution is 2.19. The summed E-state index contributed by atoms with van der Waals surface area (Å²) in [6.07, 6.45) is 0. The fourth-order valence-corrected chi connectivity index (χ4v) is 1.78. The van der Waals surface area contributed by atoms with Gasteiger partial charge >= 0.3 is 5.97 Å². The maximum absolute atomic E-state index is 10.5. The second-order valence-electron chi connectivity index (χ2n) is 3.25. The molecule has 0 fully saturated rings. The van der Waals surface area contributed by atoms with Crippen LogP contribution in [0.1, 0.15) is 20.8 Å². The molecule has 0 aromatic carbocycles. The van der Waals surface area contributed by atoms with Crippen LogP contribution >= 0.6 is 22.9 Å². The van der Waals surface area contributed by atoms with Gasteiger partial charge in [0.05, 0.1) is 0 Å². The van der Waals surface area contributed by atoms with Gasteiger partial charge in [0.1, 0.15) is 6.04 Å². The molecule has 0 aliphatic carbocycles. The van der Waals surface area contributed by atoms with Crippen molar-refractivity contribution < 1.29 is 9.90 Å². The van der Waals surface area contributed by atoms with Crippen LogP contribution in [0.4, 0.5) is 0 Å². The van der Waals surface area contributed by atoms with Crippen molar-refractivity contribution in [1.82, 2.24) is 3.53 Å². The molecule has 0 unspecified atom stereocenters. The Kier molecular flexibility index (Phi) is 3.58. The molecule has 0 amide bonds. The van der Waals surface area contributed by atoms with E-state index in [1.807, 2.05) is 43.6 Å². The Hall–Kier alpha value is 0.160. The van der Waals surface area contributed by atoms with Gasteiger partial charge in [0.2, 0.25) is 0 Å². The number of nitrogens with one attached hydrogen (secondary N) is 1. The third-order valence-electron chi connectivity index (χ3n) is 1.22. The van der Waals surface area contributed by atoms with E-state index in [4.69, 9.17) is 5.11 Å². The second-order valence-corrected chi connectivity index (χ2v) is 3.87. The standard InChI is InChI=1S/C6H12INO2/c1-6(2,3)4(8-7)5(9)10/h4,8H,1-3H3,(H,9,10)/t4-/m1/s1. The number of carboxylic acids is 1. The van der Waals surface area contributed by atoms with Crippen molar-refractivity contribution in [3.05, 3.63) is 0 Å². The summed E-state index contributed by atoms with van der Waals surface area (Å²) in [5, 5.41) is 8.64. The molecule has 60 valence electrons. The van der Waals surface area contributed by atoms with Crippen molar-refractivity contribution in [2.75, 3.05) is 0 Å². The fourth-order valence-electron chi connectivity index (χ4n) is 0.581. The van der Waals surface area contributed by atoms with Gasteiger partial charge in [-0.05, 0) is 5.41 Å². The number of hydrogen-bond donors (Lipinski definition) is 2. The molecule has 0 heterocycles. The molecule has 0 bridgehead atoms. The lowest BCUT2D eigenvalue weighted by molar-refractivity contribution is -0.141. The van der Waals surface area contributed by atoms with E-state index in [1.165, 1.54) is 0 Å². The summed E-state index contributed by atoms with van der Waals surface area (Å²) in [6, 6.07) is -0.479. The number of hydrogen-bond acceptors (Lipinski definition) is 2. The summed E-state index contributed by atoms with van der Waals surface area (Å²) in [4.78, 5) is 10.5. The number of rotatable bonds is 2. The molecule has 4 heteroatoms. The van der Waals surface area contributed by atoms with Crippen LogP contribution in [0.2, 0.25) is 0 Å². The third-order valence-corrected chi connectivity index (χ3v) is 1.84. The zero-order valence-corrected chi connectivity index (χ0v) is 8.47. The maximum Gasteiger partial charge on any atom is 0.321 e. The Labute approximate surface area is 74.7 Å². The van der Waals surface area contributed by atoms with Crippen molar-refractivity contribution >= 4 is 28.8 Å². The SMILES string of the molecule is CC(C)(C)[C@H](NI)C(=O)O. The van der Waals surface area contributed by atoms with Crippen molar-refractivity contribution in [2.45, 2.75) is 26.8 Å². The molecule has 1 atom stereocenters. The molecule has 0 aromatic heterocycles. The van der Waals surface area contributed by atoms with Crippen LogP contribution in [0, 0.1) is 5.41 Å². The summed E-state index contributed by atoms with van der Waals surface area (Å²) >= 11 is 1.86. The lowest BCUT2D eigenvalue weighted by Gasteiger charge is -2.25. The lowest BCUT2D eigenvalue weighted by Crippen LogP contribution is -2.41. The smallest absolute Gasteiger partial charge is 0.321 e. The van der Waals surface area contributed by atoms with Crippen LogP contribution < -0.4 is 3.53 Å². The van der Waals surface area contributed by atoms with Crippen LogP contribution in [0.15, 0.2) is 0 Å². The largest absolute Gasteiger partial charge is 0.480 e. The van der Waals surface area contributed by atoms with Gasteiger partial charge in [0.15, 0.2) is 0 Å². The highest BCUT2D eigenvalue weighted by molar-refractivity contribution is 14.1. The van der Waals surface area contributed by atoms with E-state index in [0.717, 1.165) is 0 Å². The maximum atomic E-state index is 10.5. The fraction of sp³-hybridized carbons (Fsp3) is 0.833. The van der Waals surface area contributed by atoms with E-state index >= 15 is 0 Å². The van der Waals surface area contributed by atoms with Crippen molar-refractivity contribution in [3.8, 4) is 0 Å². The monoisotopic (exact) mass is 257 g/mol. The normalized spacial score (nSPS) is 14.8. The van der Waals surface area contributed by atoms with E-state index in [0.29, 0.717) is 0 Å².